The largest absolute Gasteiger partial charge is 0.342 e. The summed E-state index contributed by atoms with van der Waals surface area (Å²) in [5, 5.41) is 0. The van der Waals surface area contributed by atoms with Crippen LogP contribution in [0.5, 0.6) is 0 Å². The number of hydrogen-bond acceptors (Lipinski definition) is 1. The molecule has 0 N–H and O–H groups in total. The highest BCUT2D eigenvalue weighted by Crippen LogP contribution is 2.57. The van der Waals surface area contributed by atoms with E-state index in [9.17, 15) is 4.79 Å². The maximum Gasteiger partial charge on any atom is 0.219 e. The van der Waals surface area contributed by atoms with Gasteiger partial charge in [0.15, 0.2) is 0 Å². The zero-order chi connectivity index (χ0) is 7.35. The molecule has 1 saturated heterocycles. The van der Waals surface area contributed by atoms with E-state index in [4.69, 9.17) is 0 Å². The van der Waals surface area contributed by atoms with Crippen molar-refractivity contribution >= 4 is 5.91 Å². The molecule has 0 radical (unpaired) electrons. The van der Waals surface area contributed by atoms with Crippen LogP contribution in [0, 0.1) is 11.3 Å². The predicted octanol–water partition coefficient (Wildman–Crippen LogP) is 0.875. The third-order valence-electron chi connectivity index (χ3n) is 2.98. The van der Waals surface area contributed by atoms with Gasteiger partial charge >= 0.3 is 0 Å². The first-order valence-corrected chi connectivity index (χ1v) is 3.87. The predicted molar refractivity (Wildman–Crippen MR) is 38.5 cm³/mol. The highest BCUT2D eigenvalue weighted by atomic mass is 16.2. The minimum atomic E-state index is 0.244. The van der Waals surface area contributed by atoms with Crippen molar-refractivity contribution in [3.63, 3.8) is 0 Å². The van der Waals surface area contributed by atoms with Crippen LogP contribution >= 0.6 is 0 Å². The summed E-state index contributed by atoms with van der Waals surface area (Å²) in [5.41, 5.74) is 0.520. The van der Waals surface area contributed by atoms with Crippen molar-refractivity contribution < 1.29 is 4.79 Å². The topological polar surface area (TPSA) is 20.3 Å². The Morgan fingerprint density at radius 3 is 2.70 bits per heavy atom. The first-order chi connectivity index (χ1) is 4.62. The van der Waals surface area contributed by atoms with Gasteiger partial charge in [-0.15, -0.1) is 0 Å². The molecule has 0 spiro atoms. The van der Waals surface area contributed by atoms with Crippen molar-refractivity contribution in [2.75, 3.05) is 13.1 Å². The van der Waals surface area contributed by atoms with Gasteiger partial charge < -0.3 is 4.90 Å². The Hall–Kier alpha value is -0.530. The van der Waals surface area contributed by atoms with E-state index in [1.807, 2.05) is 4.90 Å². The van der Waals surface area contributed by atoms with Gasteiger partial charge in [-0.1, -0.05) is 6.92 Å². The summed E-state index contributed by atoms with van der Waals surface area (Å²) in [6, 6.07) is 0. The third-order valence-corrected chi connectivity index (χ3v) is 2.98. The minimum absolute atomic E-state index is 0.244. The van der Waals surface area contributed by atoms with Crippen molar-refractivity contribution in [3.8, 4) is 0 Å². The van der Waals surface area contributed by atoms with Gasteiger partial charge in [0, 0.05) is 20.0 Å². The van der Waals surface area contributed by atoms with Gasteiger partial charge in [0.2, 0.25) is 5.91 Å². The van der Waals surface area contributed by atoms with Crippen LogP contribution in [0.1, 0.15) is 20.3 Å². The van der Waals surface area contributed by atoms with E-state index >= 15 is 0 Å². The van der Waals surface area contributed by atoms with Gasteiger partial charge in [-0.25, -0.2) is 0 Å². The zero-order valence-electron chi connectivity index (χ0n) is 6.55. The average Bonchev–Trinajstić information content (AvgIpc) is 2.32. The van der Waals surface area contributed by atoms with Gasteiger partial charge in [-0.3, -0.25) is 4.79 Å². The number of nitrogens with zero attached hydrogens (tertiary/aromatic N) is 1. The molecule has 2 aliphatic rings. The molecule has 1 aliphatic heterocycles. The average molecular weight is 139 g/mol. The van der Waals surface area contributed by atoms with Crippen molar-refractivity contribution in [2.45, 2.75) is 20.3 Å². The highest BCUT2D eigenvalue weighted by molar-refractivity contribution is 5.74. The van der Waals surface area contributed by atoms with Crippen LogP contribution in [0.15, 0.2) is 0 Å². The Kier molecular flexibility index (Phi) is 0.960. The molecule has 2 heteroatoms. The smallest absolute Gasteiger partial charge is 0.219 e. The van der Waals surface area contributed by atoms with Crippen LogP contribution in [0.25, 0.3) is 0 Å². The molecule has 10 heavy (non-hydrogen) atoms. The monoisotopic (exact) mass is 139 g/mol. The number of carbonyl (C=O) groups excluding carboxylic acids is 1. The maximum atomic E-state index is 10.9. The fraction of sp³-hybridized carbons (Fsp3) is 0.875. The quantitative estimate of drug-likeness (QED) is 0.487. The number of fused-ring (bicyclic) bond motifs is 1. The second-order valence-corrected chi connectivity index (χ2v) is 3.95. The molecular weight excluding hydrogens is 126 g/mol. The molecule has 0 aromatic carbocycles. The van der Waals surface area contributed by atoms with E-state index in [-0.39, 0.29) is 5.91 Å². The normalized spacial score (nSPS) is 43.4. The molecule has 2 atom stereocenters. The number of piperidine rings is 1. The van der Waals surface area contributed by atoms with Crippen molar-refractivity contribution in [1.82, 2.24) is 4.90 Å². The van der Waals surface area contributed by atoms with Crippen molar-refractivity contribution in [3.05, 3.63) is 0 Å². The van der Waals surface area contributed by atoms with Crippen LogP contribution < -0.4 is 0 Å². The summed E-state index contributed by atoms with van der Waals surface area (Å²) in [6.45, 7) is 5.97. The molecule has 0 bridgehead atoms. The summed E-state index contributed by atoms with van der Waals surface area (Å²) in [5.74, 6) is 1.07. The van der Waals surface area contributed by atoms with E-state index in [0.717, 1.165) is 19.0 Å². The Bertz CT molecular complexity index is 190. The summed E-state index contributed by atoms with van der Waals surface area (Å²) in [7, 11) is 0. The van der Waals surface area contributed by atoms with Crippen LogP contribution in [0.3, 0.4) is 0 Å². The zero-order valence-corrected chi connectivity index (χ0v) is 6.55. The molecule has 2 nitrogen and oxygen atoms in total. The first kappa shape index (κ1) is 6.20. The lowest BCUT2D eigenvalue weighted by molar-refractivity contribution is -0.128. The van der Waals surface area contributed by atoms with Crippen molar-refractivity contribution in [2.24, 2.45) is 11.3 Å². The minimum Gasteiger partial charge on any atom is -0.342 e. The van der Waals surface area contributed by atoms with Gasteiger partial charge in [0.25, 0.3) is 0 Å². The van der Waals surface area contributed by atoms with Crippen LogP contribution in [-0.4, -0.2) is 23.9 Å². The number of carbonyl (C=O) groups is 1. The molecule has 2 fully saturated rings. The number of hydrogen-bond donors (Lipinski definition) is 0. The second-order valence-electron chi connectivity index (χ2n) is 3.95. The fourth-order valence-electron chi connectivity index (χ4n) is 1.99. The lowest BCUT2D eigenvalue weighted by Crippen LogP contribution is -2.28. The molecular formula is C8H13NO. The van der Waals surface area contributed by atoms with Crippen LogP contribution in [0.4, 0.5) is 0 Å². The van der Waals surface area contributed by atoms with E-state index in [0.29, 0.717) is 5.41 Å². The second kappa shape index (κ2) is 1.55. The van der Waals surface area contributed by atoms with Gasteiger partial charge in [0.1, 0.15) is 0 Å². The molecule has 1 saturated carbocycles. The van der Waals surface area contributed by atoms with Crippen molar-refractivity contribution in [1.29, 1.82) is 0 Å². The standard InChI is InChI=1S/C8H13NO/c1-6(10)9-4-7-3-8(7,2)5-9/h7H,3-5H2,1-2H3/t7?,8-/m1/s1. The van der Waals surface area contributed by atoms with E-state index in [1.54, 1.807) is 6.92 Å². The Morgan fingerprint density at radius 1 is 1.70 bits per heavy atom. The van der Waals surface area contributed by atoms with E-state index in [2.05, 4.69) is 6.92 Å². The SMILES string of the molecule is CC(=O)N1CC2C[C@]2(C)C1. The maximum absolute atomic E-state index is 10.9. The van der Waals surface area contributed by atoms with E-state index in [1.165, 1.54) is 6.42 Å². The Balaban J connectivity index is 2.04. The summed E-state index contributed by atoms with van der Waals surface area (Å²) in [4.78, 5) is 12.8. The number of likely N-dealkylation sites (tertiary alicyclic amines) is 1. The summed E-state index contributed by atoms with van der Waals surface area (Å²) < 4.78 is 0. The Labute approximate surface area is 61.2 Å². The molecule has 0 aromatic rings. The van der Waals surface area contributed by atoms with Gasteiger partial charge in [-0.05, 0) is 17.8 Å². The lowest BCUT2D eigenvalue weighted by atomic mass is 10.1. The lowest BCUT2D eigenvalue weighted by Gasteiger charge is -2.16. The summed E-state index contributed by atoms with van der Waals surface area (Å²) >= 11 is 0. The molecule has 1 amide bonds. The highest BCUT2D eigenvalue weighted by Gasteiger charge is 2.56. The van der Waals surface area contributed by atoms with Crippen LogP contribution in [0.2, 0.25) is 0 Å². The number of amides is 1. The molecule has 2 rings (SSSR count). The summed E-state index contributed by atoms with van der Waals surface area (Å²) in [6.07, 6.45) is 1.34. The molecule has 1 unspecified atom stereocenters. The molecule has 0 aromatic heterocycles. The third kappa shape index (κ3) is 0.678. The Morgan fingerprint density at radius 2 is 2.40 bits per heavy atom. The fourth-order valence-corrected chi connectivity index (χ4v) is 1.99. The molecule has 1 aliphatic carbocycles. The molecule has 56 valence electrons. The number of rotatable bonds is 0. The first-order valence-electron chi connectivity index (χ1n) is 3.87. The van der Waals surface area contributed by atoms with Crippen LogP contribution in [-0.2, 0) is 4.79 Å². The van der Waals surface area contributed by atoms with E-state index < -0.39 is 0 Å². The van der Waals surface area contributed by atoms with Gasteiger partial charge in [0.05, 0.1) is 0 Å². The van der Waals surface area contributed by atoms with Gasteiger partial charge in [-0.2, -0.15) is 0 Å². The molecule has 1 heterocycles.